The van der Waals surface area contributed by atoms with Gasteiger partial charge >= 0.3 is 5.76 Å². The highest BCUT2D eigenvalue weighted by atomic mass is 35.5. The standard InChI is InChI=1S/C21H20ClN3O3S/c1-13(2)12-25-19(26)15-11-14(22)7-8-16(15)23-20(25)29-10-9-24-17-5-3-4-6-18(17)28-21(24)27/h3-8,11,13H,9-10,12H2,1-2H3. The van der Waals surface area contributed by atoms with Gasteiger partial charge in [0.25, 0.3) is 5.56 Å². The van der Waals surface area contributed by atoms with Crippen molar-refractivity contribution in [3.63, 3.8) is 0 Å². The average Bonchev–Trinajstić information content (AvgIpc) is 3.00. The third kappa shape index (κ3) is 3.97. The van der Waals surface area contributed by atoms with Gasteiger partial charge in [-0.1, -0.05) is 49.3 Å². The fraction of sp³-hybridized carbons (Fsp3) is 0.286. The molecule has 2 aromatic carbocycles. The van der Waals surface area contributed by atoms with Crippen LogP contribution >= 0.6 is 23.4 Å². The van der Waals surface area contributed by atoms with E-state index in [1.807, 2.05) is 18.2 Å². The normalized spacial score (nSPS) is 11.7. The molecular weight excluding hydrogens is 410 g/mol. The van der Waals surface area contributed by atoms with Gasteiger partial charge in [0.15, 0.2) is 10.7 Å². The second-order valence-corrected chi connectivity index (χ2v) is 8.70. The van der Waals surface area contributed by atoms with E-state index in [4.69, 9.17) is 21.0 Å². The summed E-state index contributed by atoms with van der Waals surface area (Å²) in [6.45, 7) is 5.13. The summed E-state index contributed by atoms with van der Waals surface area (Å²) in [4.78, 5) is 29.9. The Morgan fingerprint density at radius 1 is 1.14 bits per heavy atom. The number of halogens is 1. The van der Waals surface area contributed by atoms with Crippen LogP contribution in [0.2, 0.25) is 5.02 Å². The largest absolute Gasteiger partial charge is 0.419 e. The number of oxazole rings is 1. The Bertz CT molecular complexity index is 1310. The maximum Gasteiger partial charge on any atom is 0.419 e. The van der Waals surface area contributed by atoms with Crippen LogP contribution in [-0.2, 0) is 13.1 Å². The summed E-state index contributed by atoms with van der Waals surface area (Å²) in [7, 11) is 0. The van der Waals surface area contributed by atoms with E-state index in [9.17, 15) is 9.59 Å². The van der Waals surface area contributed by atoms with Crippen LogP contribution in [0.5, 0.6) is 0 Å². The van der Waals surface area contributed by atoms with E-state index in [0.29, 0.717) is 45.5 Å². The molecule has 0 radical (unpaired) electrons. The van der Waals surface area contributed by atoms with Gasteiger partial charge in [0, 0.05) is 23.9 Å². The van der Waals surface area contributed by atoms with Crippen molar-refractivity contribution in [1.82, 2.24) is 14.1 Å². The maximum atomic E-state index is 13.0. The molecule has 0 atom stereocenters. The Morgan fingerprint density at radius 3 is 2.72 bits per heavy atom. The van der Waals surface area contributed by atoms with E-state index >= 15 is 0 Å². The Labute approximate surface area is 176 Å². The van der Waals surface area contributed by atoms with Gasteiger partial charge in [-0.3, -0.25) is 13.9 Å². The van der Waals surface area contributed by atoms with Crippen LogP contribution in [0, 0.1) is 5.92 Å². The molecule has 8 heteroatoms. The lowest BCUT2D eigenvalue weighted by Gasteiger charge is -2.15. The third-order valence-electron chi connectivity index (χ3n) is 4.55. The van der Waals surface area contributed by atoms with Gasteiger partial charge < -0.3 is 4.42 Å². The lowest BCUT2D eigenvalue weighted by molar-refractivity contribution is 0.475. The van der Waals surface area contributed by atoms with Crippen LogP contribution < -0.4 is 11.3 Å². The average molecular weight is 430 g/mol. The minimum atomic E-state index is -0.382. The molecule has 0 aliphatic heterocycles. The molecular formula is C21H20ClN3O3S. The van der Waals surface area contributed by atoms with E-state index in [1.165, 1.54) is 11.8 Å². The molecule has 0 bridgehead atoms. The molecule has 0 spiro atoms. The second-order valence-electron chi connectivity index (χ2n) is 7.20. The number of benzene rings is 2. The van der Waals surface area contributed by atoms with Gasteiger partial charge in [0.2, 0.25) is 0 Å². The summed E-state index contributed by atoms with van der Waals surface area (Å²) in [5.74, 6) is 0.478. The Kier molecular flexibility index (Phi) is 5.52. The van der Waals surface area contributed by atoms with E-state index in [2.05, 4.69) is 13.8 Å². The molecule has 150 valence electrons. The van der Waals surface area contributed by atoms with Crippen molar-refractivity contribution in [2.24, 2.45) is 5.92 Å². The summed E-state index contributed by atoms with van der Waals surface area (Å²) in [5, 5.41) is 1.66. The SMILES string of the molecule is CC(C)Cn1c(SCCn2c(=O)oc3ccccc32)nc2ccc(Cl)cc2c1=O. The molecule has 0 saturated carbocycles. The monoisotopic (exact) mass is 429 g/mol. The fourth-order valence-corrected chi connectivity index (χ4v) is 4.37. The van der Waals surface area contributed by atoms with Crippen molar-refractivity contribution < 1.29 is 4.42 Å². The van der Waals surface area contributed by atoms with Gasteiger partial charge in [-0.25, -0.2) is 9.78 Å². The van der Waals surface area contributed by atoms with Crippen LogP contribution in [0.15, 0.2) is 61.6 Å². The van der Waals surface area contributed by atoms with Crippen LogP contribution in [0.4, 0.5) is 0 Å². The van der Waals surface area contributed by atoms with Gasteiger partial charge in [0.05, 0.1) is 16.4 Å². The number of rotatable bonds is 6. The first kappa shape index (κ1) is 19.8. The maximum absolute atomic E-state index is 13.0. The Morgan fingerprint density at radius 2 is 1.93 bits per heavy atom. The van der Waals surface area contributed by atoms with Crippen molar-refractivity contribution in [1.29, 1.82) is 0 Å². The number of aryl methyl sites for hydroxylation is 1. The summed E-state index contributed by atoms with van der Waals surface area (Å²) in [6, 6.07) is 12.5. The molecule has 0 N–H and O–H groups in total. The van der Waals surface area contributed by atoms with E-state index in [1.54, 1.807) is 33.4 Å². The highest BCUT2D eigenvalue weighted by Gasteiger charge is 2.14. The lowest BCUT2D eigenvalue weighted by Crippen LogP contribution is -2.26. The van der Waals surface area contributed by atoms with E-state index in [-0.39, 0.29) is 17.2 Å². The molecule has 0 saturated heterocycles. The molecule has 2 heterocycles. The van der Waals surface area contributed by atoms with E-state index in [0.717, 1.165) is 5.52 Å². The van der Waals surface area contributed by atoms with Gasteiger partial charge in [-0.15, -0.1) is 0 Å². The summed E-state index contributed by atoms with van der Waals surface area (Å²) in [6.07, 6.45) is 0. The summed E-state index contributed by atoms with van der Waals surface area (Å²) >= 11 is 7.52. The molecule has 0 unspecified atom stereocenters. The molecule has 0 aliphatic carbocycles. The Balaban J connectivity index is 1.66. The Hall–Kier alpha value is -2.51. The van der Waals surface area contributed by atoms with Crippen molar-refractivity contribution in [2.75, 3.05) is 5.75 Å². The first-order chi connectivity index (χ1) is 13.9. The summed E-state index contributed by atoms with van der Waals surface area (Å²) in [5.41, 5.74) is 1.85. The third-order valence-corrected chi connectivity index (χ3v) is 5.74. The predicted octanol–water partition coefficient (Wildman–Crippen LogP) is 4.41. The topological polar surface area (TPSA) is 70.0 Å². The molecule has 0 fully saturated rings. The van der Waals surface area contributed by atoms with Gasteiger partial charge in [0.1, 0.15) is 0 Å². The molecule has 0 amide bonds. The summed E-state index contributed by atoms with van der Waals surface area (Å²) < 4.78 is 8.58. The van der Waals surface area contributed by atoms with Gasteiger partial charge in [-0.2, -0.15) is 0 Å². The fourth-order valence-electron chi connectivity index (χ4n) is 3.26. The van der Waals surface area contributed by atoms with Crippen LogP contribution in [0.25, 0.3) is 22.0 Å². The zero-order valence-corrected chi connectivity index (χ0v) is 17.7. The smallest absolute Gasteiger partial charge is 0.408 e. The molecule has 4 rings (SSSR count). The van der Waals surface area contributed by atoms with Crippen molar-refractivity contribution in [3.05, 3.63) is 68.4 Å². The van der Waals surface area contributed by atoms with E-state index < -0.39 is 0 Å². The lowest BCUT2D eigenvalue weighted by atomic mass is 10.2. The highest BCUT2D eigenvalue weighted by molar-refractivity contribution is 7.99. The molecule has 0 aliphatic rings. The van der Waals surface area contributed by atoms with Crippen LogP contribution in [0.1, 0.15) is 13.8 Å². The first-order valence-electron chi connectivity index (χ1n) is 9.35. The molecule has 2 aromatic heterocycles. The molecule has 4 aromatic rings. The molecule has 6 nitrogen and oxygen atoms in total. The number of thioether (sulfide) groups is 1. The quantitative estimate of drug-likeness (QED) is 0.335. The minimum Gasteiger partial charge on any atom is -0.408 e. The van der Waals surface area contributed by atoms with Crippen molar-refractivity contribution in [3.8, 4) is 0 Å². The van der Waals surface area contributed by atoms with Crippen LogP contribution in [-0.4, -0.2) is 19.9 Å². The zero-order valence-electron chi connectivity index (χ0n) is 16.1. The first-order valence-corrected chi connectivity index (χ1v) is 10.7. The molecule has 29 heavy (non-hydrogen) atoms. The second kappa shape index (κ2) is 8.08. The van der Waals surface area contributed by atoms with Crippen molar-refractivity contribution in [2.45, 2.75) is 32.1 Å². The number of para-hydroxylation sites is 2. The zero-order chi connectivity index (χ0) is 20.5. The minimum absolute atomic E-state index is 0.0976. The number of aromatic nitrogens is 3. The van der Waals surface area contributed by atoms with Gasteiger partial charge in [-0.05, 0) is 36.2 Å². The number of nitrogens with zero attached hydrogens (tertiary/aromatic N) is 3. The predicted molar refractivity (Wildman–Crippen MR) is 117 cm³/mol. The van der Waals surface area contributed by atoms with Crippen molar-refractivity contribution >= 4 is 45.4 Å². The number of hydrogen-bond donors (Lipinski definition) is 0. The van der Waals surface area contributed by atoms with Crippen LogP contribution in [0.3, 0.4) is 0 Å². The number of hydrogen-bond acceptors (Lipinski definition) is 5. The highest BCUT2D eigenvalue weighted by Crippen LogP contribution is 2.22. The number of fused-ring (bicyclic) bond motifs is 2.